The number of hydrogen-bond acceptors (Lipinski definition) is 5. The second-order valence-electron chi connectivity index (χ2n) is 9.36. The van der Waals surface area contributed by atoms with Crippen molar-refractivity contribution in [2.45, 2.75) is 31.9 Å². The maximum atomic E-state index is 13.1. The molecule has 0 amide bonds. The molecule has 0 aromatic heterocycles. The van der Waals surface area contributed by atoms with Crippen molar-refractivity contribution in [1.82, 2.24) is 4.90 Å². The molecule has 0 aliphatic carbocycles. The van der Waals surface area contributed by atoms with Crippen LogP contribution in [0.4, 0.5) is 5.69 Å². The first-order valence-corrected chi connectivity index (χ1v) is 13.6. The van der Waals surface area contributed by atoms with Crippen LogP contribution in [0.15, 0.2) is 54.6 Å². The fraction of sp³-hybridized carbons (Fsp3) is 0.308. The van der Waals surface area contributed by atoms with Gasteiger partial charge in [-0.15, -0.1) is 0 Å². The molecule has 0 spiro atoms. The average Bonchev–Trinajstić information content (AvgIpc) is 2.85. The first-order valence-electron chi connectivity index (χ1n) is 12.0. The molecule has 10 heteroatoms. The molecule has 2 heterocycles. The Hall–Kier alpha value is -3.79. The van der Waals surface area contributed by atoms with Gasteiger partial charge in [0.2, 0.25) is 10.0 Å². The van der Waals surface area contributed by atoms with E-state index in [-0.39, 0.29) is 30.2 Å². The molecule has 1 fully saturated rings. The van der Waals surface area contributed by atoms with E-state index >= 15 is 0 Å². The molecule has 0 bridgehead atoms. The third-order valence-corrected chi connectivity index (χ3v) is 8.63. The minimum Gasteiger partial charge on any atom is -0.490 e. The van der Waals surface area contributed by atoms with Crippen molar-refractivity contribution in [3.8, 4) is 5.75 Å². The van der Waals surface area contributed by atoms with E-state index in [1.807, 2.05) is 59.5 Å². The fourth-order valence-electron chi connectivity index (χ4n) is 4.90. The van der Waals surface area contributed by atoms with Gasteiger partial charge < -0.3 is 21.1 Å². The van der Waals surface area contributed by atoms with Crippen LogP contribution < -0.4 is 20.5 Å². The molecule has 0 unspecified atom stereocenters. The van der Waals surface area contributed by atoms with Gasteiger partial charge in [0.1, 0.15) is 17.7 Å². The zero-order chi connectivity index (χ0) is 25.4. The third-order valence-electron chi connectivity index (χ3n) is 6.91. The Bertz CT molecular complexity index is 1450. The van der Waals surface area contributed by atoms with Crippen LogP contribution in [0.2, 0.25) is 0 Å². The molecule has 2 aliphatic rings. The number of ether oxygens (including phenoxy) is 1. The standard InChI is InChI=1S/C26H30N6O3S/c27-25(28)20-4-3-18-2-1-17(13-21(18)14-20)16-32-24-6-5-23(15-19(24)9-12-36(32,33)34)35-22-7-10-31(11-8-22)26(29)30/h1-6,13-15,22H,7-12,16H2,(H3,27,28)(H3,29,30). The van der Waals surface area contributed by atoms with Crippen LogP contribution in [0.3, 0.4) is 0 Å². The van der Waals surface area contributed by atoms with Crippen molar-refractivity contribution in [3.05, 3.63) is 71.3 Å². The lowest BCUT2D eigenvalue weighted by Gasteiger charge is -2.33. The predicted octanol–water partition coefficient (Wildman–Crippen LogP) is 2.75. The molecule has 0 saturated carbocycles. The highest BCUT2D eigenvalue weighted by atomic mass is 32.2. The van der Waals surface area contributed by atoms with E-state index in [1.54, 1.807) is 0 Å². The van der Waals surface area contributed by atoms with Gasteiger partial charge in [-0.1, -0.05) is 24.3 Å². The Morgan fingerprint density at radius 2 is 1.72 bits per heavy atom. The number of nitrogens with zero attached hydrogens (tertiary/aromatic N) is 2. The molecule has 6 N–H and O–H groups in total. The van der Waals surface area contributed by atoms with E-state index in [9.17, 15) is 8.42 Å². The average molecular weight is 507 g/mol. The maximum Gasteiger partial charge on any atom is 0.235 e. The van der Waals surface area contributed by atoms with Gasteiger partial charge in [0, 0.05) is 31.5 Å². The van der Waals surface area contributed by atoms with Crippen molar-refractivity contribution < 1.29 is 13.2 Å². The lowest BCUT2D eigenvalue weighted by Crippen LogP contribution is -2.44. The Kier molecular flexibility index (Phi) is 6.21. The number of sulfonamides is 1. The van der Waals surface area contributed by atoms with Gasteiger partial charge in [0.15, 0.2) is 5.96 Å². The second-order valence-corrected chi connectivity index (χ2v) is 11.4. The van der Waals surface area contributed by atoms with Crippen LogP contribution in [-0.2, 0) is 23.0 Å². The molecular formula is C26H30N6O3S. The number of aryl methyl sites for hydroxylation is 1. The highest BCUT2D eigenvalue weighted by Gasteiger charge is 2.30. The van der Waals surface area contributed by atoms with Crippen LogP contribution in [0.25, 0.3) is 10.8 Å². The second kappa shape index (κ2) is 9.34. The van der Waals surface area contributed by atoms with E-state index in [4.69, 9.17) is 27.0 Å². The quantitative estimate of drug-likeness (QED) is 0.309. The van der Waals surface area contributed by atoms with Gasteiger partial charge in [0.25, 0.3) is 0 Å². The first-order chi connectivity index (χ1) is 17.2. The van der Waals surface area contributed by atoms with Crippen LogP contribution in [0.5, 0.6) is 5.75 Å². The fourth-order valence-corrected chi connectivity index (χ4v) is 6.42. The molecular weight excluding hydrogens is 476 g/mol. The van der Waals surface area contributed by atoms with Gasteiger partial charge in [-0.25, -0.2) is 8.42 Å². The molecule has 3 aromatic carbocycles. The minimum atomic E-state index is -3.46. The number of rotatable bonds is 5. The lowest BCUT2D eigenvalue weighted by molar-refractivity contribution is 0.130. The zero-order valence-electron chi connectivity index (χ0n) is 19.9. The number of nitrogens with two attached hydrogens (primary N) is 2. The van der Waals surface area contributed by atoms with Crippen LogP contribution in [0.1, 0.15) is 29.5 Å². The summed E-state index contributed by atoms with van der Waals surface area (Å²) in [6, 6.07) is 17.0. The number of piperidine rings is 1. The molecule has 9 nitrogen and oxygen atoms in total. The molecule has 2 aliphatic heterocycles. The van der Waals surface area contributed by atoms with Crippen LogP contribution >= 0.6 is 0 Å². The third kappa shape index (κ3) is 4.81. The summed E-state index contributed by atoms with van der Waals surface area (Å²) in [7, 11) is -3.46. The largest absolute Gasteiger partial charge is 0.490 e. The van der Waals surface area contributed by atoms with E-state index in [0.717, 1.165) is 40.5 Å². The minimum absolute atomic E-state index is 0.00253. The number of amidine groups is 1. The summed E-state index contributed by atoms with van der Waals surface area (Å²) in [4.78, 5) is 1.84. The smallest absolute Gasteiger partial charge is 0.235 e. The molecule has 36 heavy (non-hydrogen) atoms. The summed E-state index contributed by atoms with van der Waals surface area (Å²) in [6.07, 6.45) is 2.04. The van der Waals surface area contributed by atoms with Gasteiger partial charge in [-0.3, -0.25) is 15.1 Å². The number of guanidine groups is 1. The van der Waals surface area contributed by atoms with Crippen LogP contribution in [-0.4, -0.2) is 50.1 Å². The number of benzene rings is 3. The highest BCUT2D eigenvalue weighted by molar-refractivity contribution is 7.92. The number of nitrogen functional groups attached to an aromatic ring is 1. The van der Waals surface area contributed by atoms with Gasteiger partial charge in [0.05, 0.1) is 18.0 Å². The zero-order valence-corrected chi connectivity index (χ0v) is 20.7. The lowest BCUT2D eigenvalue weighted by atomic mass is 10.0. The number of hydrogen-bond donors (Lipinski definition) is 4. The summed E-state index contributed by atoms with van der Waals surface area (Å²) < 4.78 is 33.8. The van der Waals surface area contributed by atoms with Crippen molar-refractivity contribution >= 4 is 38.3 Å². The van der Waals surface area contributed by atoms with E-state index in [1.165, 1.54) is 4.31 Å². The van der Waals surface area contributed by atoms with E-state index in [0.29, 0.717) is 30.8 Å². The van der Waals surface area contributed by atoms with Gasteiger partial charge >= 0.3 is 0 Å². The van der Waals surface area contributed by atoms with Gasteiger partial charge in [-0.2, -0.15) is 0 Å². The van der Waals surface area contributed by atoms with Crippen molar-refractivity contribution in [2.75, 3.05) is 23.1 Å². The topological polar surface area (TPSA) is 150 Å². The number of fused-ring (bicyclic) bond motifs is 2. The molecule has 0 radical (unpaired) electrons. The van der Waals surface area contributed by atoms with Crippen LogP contribution in [0, 0.1) is 10.8 Å². The molecule has 3 aromatic rings. The molecule has 1 saturated heterocycles. The summed E-state index contributed by atoms with van der Waals surface area (Å²) in [5, 5.41) is 17.2. The normalized spacial score (nSPS) is 17.6. The monoisotopic (exact) mass is 506 g/mol. The van der Waals surface area contributed by atoms with E-state index < -0.39 is 10.0 Å². The Labute approximate surface area is 210 Å². The maximum absolute atomic E-state index is 13.1. The number of anilines is 1. The molecule has 5 rings (SSSR count). The Balaban J connectivity index is 1.37. The highest BCUT2D eigenvalue weighted by Crippen LogP contribution is 2.35. The number of nitrogens with one attached hydrogen (secondary N) is 2. The predicted molar refractivity (Wildman–Crippen MR) is 142 cm³/mol. The molecule has 188 valence electrons. The Morgan fingerprint density at radius 1 is 0.972 bits per heavy atom. The SMILES string of the molecule is N=C(N)c1ccc2ccc(CN3c4ccc(OC5CCN(C(=N)N)CC5)cc4CCS3(=O)=O)cc2c1. The Morgan fingerprint density at radius 3 is 2.44 bits per heavy atom. The summed E-state index contributed by atoms with van der Waals surface area (Å²) in [5.74, 6) is 0.867. The summed E-state index contributed by atoms with van der Waals surface area (Å²) in [5.41, 5.74) is 14.3. The number of likely N-dealkylation sites (tertiary alicyclic amines) is 1. The molecule has 0 atom stereocenters. The van der Waals surface area contributed by atoms with Gasteiger partial charge in [-0.05, 0) is 58.7 Å². The summed E-state index contributed by atoms with van der Waals surface area (Å²) in [6.45, 7) is 1.60. The van der Waals surface area contributed by atoms with Crippen molar-refractivity contribution in [1.29, 1.82) is 10.8 Å². The van der Waals surface area contributed by atoms with Crippen molar-refractivity contribution in [3.63, 3.8) is 0 Å². The van der Waals surface area contributed by atoms with Crippen molar-refractivity contribution in [2.24, 2.45) is 11.5 Å². The first kappa shape index (κ1) is 23.9. The van der Waals surface area contributed by atoms with E-state index in [2.05, 4.69) is 0 Å². The summed E-state index contributed by atoms with van der Waals surface area (Å²) >= 11 is 0.